The zero-order valence-electron chi connectivity index (χ0n) is 8.06. The van der Waals surface area contributed by atoms with Crippen LogP contribution < -0.4 is 0 Å². The highest BCUT2D eigenvalue weighted by Gasteiger charge is 2.07. The van der Waals surface area contributed by atoms with Crippen molar-refractivity contribution in [3.8, 4) is 0 Å². The summed E-state index contributed by atoms with van der Waals surface area (Å²) in [6, 6.07) is 10.6. The Morgan fingerprint density at radius 2 is 2.00 bits per heavy atom. The van der Waals surface area contributed by atoms with E-state index in [9.17, 15) is 0 Å². The van der Waals surface area contributed by atoms with Crippen LogP contribution in [-0.4, -0.2) is 12.8 Å². The first-order valence-electron chi connectivity index (χ1n) is 4.80. The minimum atomic E-state index is 0.246. The summed E-state index contributed by atoms with van der Waals surface area (Å²) in [6.07, 6.45) is 7.45. The zero-order chi connectivity index (χ0) is 9.80. The van der Waals surface area contributed by atoms with Gasteiger partial charge in [-0.05, 0) is 24.3 Å². The van der Waals surface area contributed by atoms with E-state index >= 15 is 0 Å². The molecule has 14 heavy (non-hydrogen) atoms. The van der Waals surface area contributed by atoms with E-state index in [0.717, 1.165) is 6.42 Å². The molecule has 0 radical (unpaired) electrons. The van der Waals surface area contributed by atoms with Crippen LogP contribution in [0.2, 0.25) is 0 Å². The fourth-order valence-electron chi connectivity index (χ4n) is 1.62. The maximum absolute atomic E-state index is 4.05. The fourth-order valence-corrected chi connectivity index (χ4v) is 1.62. The van der Waals surface area contributed by atoms with Crippen LogP contribution in [0.25, 0.3) is 5.57 Å². The highest BCUT2D eigenvalue weighted by molar-refractivity contribution is 5.75. The minimum Gasteiger partial charge on any atom is -0.293 e. The molecule has 70 valence electrons. The number of allylic oxidation sites excluding steroid dienone is 2. The van der Waals surface area contributed by atoms with E-state index in [0.29, 0.717) is 0 Å². The predicted molar refractivity (Wildman–Crippen MR) is 61.5 cm³/mol. The third-order valence-electron chi connectivity index (χ3n) is 2.39. The standard InChI is InChI=1S/C13H13N/c1-14-13-9-5-8-12(10-13)11-6-3-2-4-7-11/h2-8,10,13H,1,9H2. The molecular weight excluding hydrogens is 170 g/mol. The molecule has 2 rings (SSSR count). The molecule has 0 saturated heterocycles. The number of benzene rings is 1. The van der Waals surface area contributed by atoms with E-state index in [1.165, 1.54) is 11.1 Å². The summed E-state index contributed by atoms with van der Waals surface area (Å²) in [5, 5.41) is 0. The lowest BCUT2D eigenvalue weighted by Crippen LogP contribution is -2.02. The number of nitrogens with zero attached hydrogens (tertiary/aromatic N) is 1. The molecule has 0 bridgehead atoms. The van der Waals surface area contributed by atoms with E-state index in [1.807, 2.05) is 6.07 Å². The molecule has 1 aliphatic rings. The second-order valence-electron chi connectivity index (χ2n) is 3.38. The van der Waals surface area contributed by atoms with Crippen molar-refractivity contribution in [2.45, 2.75) is 12.5 Å². The van der Waals surface area contributed by atoms with Gasteiger partial charge >= 0.3 is 0 Å². The summed E-state index contributed by atoms with van der Waals surface area (Å²) in [6.45, 7) is 3.58. The van der Waals surface area contributed by atoms with Crippen molar-refractivity contribution in [3.05, 3.63) is 54.1 Å². The van der Waals surface area contributed by atoms with E-state index in [4.69, 9.17) is 0 Å². The second-order valence-corrected chi connectivity index (χ2v) is 3.38. The van der Waals surface area contributed by atoms with Crippen molar-refractivity contribution in [2.75, 3.05) is 0 Å². The normalized spacial score (nSPS) is 20.3. The van der Waals surface area contributed by atoms with Gasteiger partial charge in [0, 0.05) is 0 Å². The first kappa shape index (κ1) is 8.95. The van der Waals surface area contributed by atoms with Crippen LogP contribution in [0.15, 0.2) is 53.6 Å². The van der Waals surface area contributed by atoms with Crippen LogP contribution in [0.5, 0.6) is 0 Å². The molecule has 0 N–H and O–H groups in total. The summed E-state index contributed by atoms with van der Waals surface area (Å²) in [7, 11) is 0. The van der Waals surface area contributed by atoms with Crippen LogP contribution >= 0.6 is 0 Å². The summed E-state index contributed by atoms with van der Waals surface area (Å²) >= 11 is 0. The SMILES string of the molecule is C=NC1C=C(c2ccccc2)C=CC1. The van der Waals surface area contributed by atoms with Gasteiger partial charge in [0.2, 0.25) is 0 Å². The van der Waals surface area contributed by atoms with E-state index in [1.54, 1.807) is 0 Å². The average molecular weight is 183 g/mol. The molecule has 0 heterocycles. The topological polar surface area (TPSA) is 12.4 Å². The summed E-state index contributed by atoms with van der Waals surface area (Å²) in [4.78, 5) is 4.05. The summed E-state index contributed by atoms with van der Waals surface area (Å²) in [5.41, 5.74) is 2.49. The van der Waals surface area contributed by atoms with Crippen LogP contribution in [0.3, 0.4) is 0 Å². The number of hydrogen-bond donors (Lipinski definition) is 0. The molecular formula is C13H13N. The molecule has 0 saturated carbocycles. The number of aliphatic imine (C=N–C) groups is 1. The first-order chi connectivity index (χ1) is 6.90. The van der Waals surface area contributed by atoms with E-state index < -0.39 is 0 Å². The lowest BCUT2D eigenvalue weighted by Gasteiger charge is -2.12. The van der Waals surface area contributed by atoms with Gasteiger partial charge in [-0.3, -0.25) is 4.99 Å². The Balaban J connectivity index is 2.31. The van der Waals surface area contributed by atoms with Gasteiger partial charge in [0.05, 0.1) is 6.04 Å². The van der Waals surface area contributed by atoms with Gasteiger partial charge in [-0.25, -0.2) is 0 Å². The molecule has 1 nitrogen and oxygen atoms in total. The van der Waals surface area contributed by atoms with Crippen LogP contribution in [0.1, 0.15) is 12.0 Å². The van der Waals surface area contributed by atoms with Crippen molar-refractivity contribution in [1.29, 1.82) is 0 Å². The van der Waals surface area contributed by atoms with E-state index in [2.05, 4.69) is 54.2 Å². The first-order valence-corrected chi connectivity index (χ1v) is 4.80. The molecule has 1 heteroatoms. The molecule has 0 spiro atoms. The Kier molecular flexibility index (Phi) is 2.59. The Hall–Kier alpha value is -1.63. The van der Waals surface area contributed by atoms with Crippen molar-refractivity contribution in [2.24, 2.45) is 4.99 Å². The maximum atomic E-state index is 4.05. The van der Waals surface area contributed by atoms with Gasteiger partial charge < -0.3 is 0 Å². The average Bonchev–Trinajstić information content (AvgIpc) is 2.30. The Morgan fingerprint density at radius 3 is 2.71 bits per heavy atom. The monoisotopic (exact) mass is 183 g/mol. The quantitative estimate of drug-likeness (QED) is 0.625. The lowest BCUT2D eigenvalue weighted by atomic mass is 9.97. The molecule has 1 atom stereocenters. The van der Waals surface area contributed by atoms with Crippen LogP contribution in [-0.2, 0) is 0 Å². The van der Waals surface area contributed by atoms with Crippen molar-refractivity contribution in [1.82, 2.24) is 0 Å². The van der Waals surface area contributed by atoms with Crippen molar-refractivity contribution >= 4 is 12.3 Å². The number of hydrogen-bond acceptors (Lipinski definition) is 1. The third-order valence-corrected chi connectivity index (χ3v) is 2.39. The van der Waals surface area contributed by atoms with Crippen molar-refractivity contribution < 1.29 is 0 Å². The van der Waals surface area contributed by atoms with Gasteiger partial charge in [0.1, 0.15) is 0 Å². The molecule has 1 aromatic carbocycles. The third kappa shape index (κ3) is 1.82. The highest BCUT2D eigenvalue weighted by Crippen LogP contribution is 2.22. The summed E-state index contributed by atoms with van der Waals surface area (Å²) < 4.78 is 0. The maximum Gasteiger partial charge on any atom is 0.0716 e. The van der Waals surface area contributed by atoms with Gasteiger partial charge in [-0.2, -0.15) is 0 Å². The minimum absolute atomic E-state index is 0.246. The Labute approximate surface area is 84.5 Å². The van der Waals surface area contributed by atoms with Gasteiger partial charge in [-0.1, -0.05) is 48.6 Å². The zero-order valence-corrected chi connectivity index (χ0v) is 8.06. The fraction of sp³-hybridized carbons (Fsp3) is 0.154. The molecule has 1 aromatic rings. The van der Waals surface area contributed by atoms with Crippen molar-refractivity contribution in [3.63, 3.8) is 0 Å². The molecule has 0 amide bonds. The smallest absolute Gasteiger partial charge is 0.0716 e. The highest BCUT2D eigenvalue weighted by atomic mass is 14.7. The van der Waals surface area contributed by atoms with Gasteiger partial charge in [-0.15, -0.1) is 0 Å². The largest absolute Gasteiger partial charge is 0.293 e. The van der Waals surface area contributed by atoms with Gasteiger partial charge in [0.25, 0.3) is 0 Å². The molecule has 1 unspecified atom stereocenters. The predicted octanol–water partition coefficient (Wildman–Crippen LogP) is 3.10. The van der Waals surface area contributed by atoms with Gasteiger partial charge in [0.15, 0.2) is 0 Å². The molecule has 0 fully saturated rings. The van der Waals surface area contributed by atoms with E-state index in [-0.39, 0.29) is 6.04 Å². The second kappa shape index (κ2) is 4.05. The summed E-state index contributed by atoms with van der Waals surface area (Å²) in [5.74, 6) is 0. The Bertz CT molecular complexity index is 373. The molecule has 0 aliphatic heterocycles. The molecule has 0 aromatic heterocycles. The number of rotatable bonds is 2. The Morgan fingerprint density at radius 1 is 1.21 bits per heavy atom. The van der Waals surface area contributed by atoms with Crippen LogP contribution in [0.4, 0.5) is 0 Å². The van der Waals surface area contributed by atoms with Crippen LogP contribution in [0, 0.1) is 0 Å². The molecule has 1 aliphatic carbocycles. The lowest BCUT2D eigenvalue weighted by molar-refractivity contribution is 0.838.